The minimum atomic E-state index is -1.47. The van der Waals surface area contributed by atoms with Gasteiger partial charge in [-0.2, -0.15) is 0 Å². The highest BCUT2D eigenvalue weighted by Crippen LogP contribution is 2.22. The predicted octanol–water partition coefficient (Wildman–Crippen LogP) is -1.57. The highest BCUT2D eigenvalue weighted by molar-refractivity contribution is 5.98. The second-order valence-electron chi connectivity index (χ2n) is 4.44. The highest BCUT2D eigenvalue weighted by Gasteiger charge is 2.25. The number of carbonyl (C=O) groups is 2. The van der Waals surface area contributed by atoms with Crippen LogP contribution < -0.4 is 0 Å². The molecule has 0 bridgehead atoms. The Bertz CT molecular complexity index is 320. The average Bonchev–Trinajstić information content (AvgIpc) is 2.42. The third-order valence-electron chi connectivity index (χ3n) is 2.90. The fourth-order valence-corrected chi connectivity index (χ4v) is 1.63. The van der Waals surface area contributed by atoms with E-state index < -0.39 is 61.3 Å². The fourth-order valence-electron chi connectivity index (χ4n) is 1.63. The van der Waals surface area contributed by atoms with Gasteiger partial charge in [-0.3, -0.25) is 0 Å². The maximum absolute atomic E-state index is 11.2. The lowest BCUT2D eigenvalue weighted by Crippen LogP contribution is -2.22. The zero-order chi connectivity index (χ0) is 15.7. The van der Waals surface area contributed by atoms with Crippen molar-refractivity contribution in [3.63, 3.8) is 0 Å². The van der Waals surface area contributed by atoms with Crippen molar-refractivity contribution in [3.8, 4) is 0 Å². The zero-order valence-electron chi connectivity index (χ0n) is 10.9. The molecule has 0 aliphatic heterocycles. The van der Waals surface area contributed by atoms with Crippen molar-refractivity contribution in [1.82, 2.24) is 0 Å². The van der Waals surface area contributed by atoms with Gasteiger partial charge in [0.1, 0.15) is 0 Å². The molecule has 0 fully saturated rings. The largest absolute Gasteiger partial charge is 0.478 e. The number of rotatable bonds is 10. The number of hydrogen-bond acceptors (Lipinski definition) is 6. The summed E-state index contributed by atoms with van der Waals surface area (Å²) in [5.74, 6) is -4.50. The third-order valence-corrected chi connectivity index (χ3v) is 2.90. The molecule has 0 rings (SSSR count). The number of aliphatic carboxylic acids is 2. The summed E-state index contributed by atoms with van der Waals surface area (Å²) >= 11 is 0. The van der Waals surface area contributed by atoms with E-state index in [-0.39, 0.29) is 12.8 Å². The number of carboxylic acids is 2. The van der Waals surface area contributed by atoms with Crippen molar-refractivity contribution in [2.45, 2.75) is 12.8 Å². The van der Waals surface area contributed by atoms with Crippen LogP contribution >= 0.6 is 0 Å². The van der Waals surface area contributed by atoms with Crippen LogP contribution in [0, 0.1) is 11.8 Å². The van der Waals surface area contributed by atoms with E-state index in [0.717, 1.165) is 0 Å². The first-order valence-electron chi connectivity index (χ1n) is 6.03. The van der Waals surface area contributed by atoms with Gasteiger partial charge in [0.15, 0.2) is 0 Å². The molecule has 0 aliphatic carbocycles. The molecule has 6 N–H and O–H groups in total. The van der Waals surface area contributed by atoms with Crippen LogP contribution in [0.3, 0.4) is 0 Å². The molecule has 0 saturated carbocycles. The first-order valence-corrected chi connectivity index (χ1v) is 6.03. The summed E-state index contributed by atoms with van der Waals surface area (Å²) in [6.45, 7) is -1.93. The van der Waals surface area contributed by atoms with E-state index in [2.05, 4.69) is 0 Å². The number of hydrogen-bond donors (Lipinski definition) is 6. The molecule has 0 atom stereocenters. The zero-order valence-corrected chi connectivity index (χ0v) is 10.9. The van der Waals surface area contributed by atoms with E-state index in [9.17, 15) is 9.59 Å². The van der Waals surface area contributed by atoms with E-state index in [1.807, 2.05) is 0 Å². The third kappa shape index (κ3) is 5.66. The predicted molar refractivity (Wildman–Crippen MR) is 66.9 cm³/mol. The maximum Gasteiger partial charge on any atom is 0.332 e. The van der Waals surface area contributed by atoms with Gasteiger partial charge in [0, 0.05) is 49.4 Å². The van der Waals surface area contributed by atoms with Crippen LogP contribution in [0.5, 0.6) is 0 Å². The molecule has 0 unspecified atom stereocenters. The van der Waals surface area contributed by atoms with Gasteiger partial charge in [0.25, 0.3) is 0 Å². The lowest BCUT2D eigenvalue weighted by Gasteiger charge is -2.16. The van der Waals surface area contributed by atoms with Crippen LogP contribution in [0.15, 0.2) is 11.1 Å². The summed E-state index contributed by atoms with van der Waals surface area (Å²) in [5, 5.41) is 54.0. The molecule has 20 heavy (non-hydrogen) atoms. The lowest BCUT2D eigenvalue weighted by molar-refractivity contribution is -0.136. The second kappa shape index (κ2) is 9.43. The maximum atomic E-state index is 11.2. The Morgan fingerprint density at radius 2 is 0.900 bits per heavy atom. The molecule has 0 saturated heterocycles. The Morgan fingerprint density at radius 1 is 0.650 bits per heavy atom. The van der Waals surface area contributed by atoms with E-state index in [1.165, 1.54) is 0 Å². The molecular formula is C12H20O8. The first kappa shape index (κ1) is 18.5. The Hall–Kier alpha value is -1.48. The summed E-state index contributed by atoms with van der Waals surface area (Å²) in [7, 11) is 0. The van der Waals surface area contributed by atoms with Gasteiger partial charge >= 0.3 is 11.9 Å². The molecule has 0 aliphatic rings. The van der Waals surface area contributed by atoms with Crippen LogP contribution in [0.4, 0.5) is 0 Å². The summed E-state index contributed by atoms with van der Waals surface area (Å²) in [6.07, 6.45) is -0.624. The molecule has 0 radical (unpaired) electrons. The van der Waals surface area contributed by atoms with Gasteiger partial charge in [-0.05, 0) is 12.8 Å². The standard InChI is InChI=1S/C12H20O8/c13-3-7(4-14)1-9(11(17)18)10(12(19)20)2-8(5-15)6-16/h7-8,13-16H,1-6H2,(H,17,18)(H,19,20). The molecule has 8 nitrogen and oxygen atoms in total. The van der Waals surface area contributed by atoms with Crippen molar-refractivity contribution in [2.24, 2.45) is 11.8 Å². The van der Waals surface area contributed by atoms with Gasteiger partial charge in [0.05, 0.1) is 0 Å². The minimum absolute atomic E-state index is 0.312. The Morgan fingerprint density at radius 3 is 1.05 bits per heavy atom. The average molecular weight is 292 g/mol. The Kier molecular flexibility index (Phi) is 8.73. The summed E-state index contributed by atoms with van der Waals surface area (Å²) in [6, 6.07) is 0. The van der Waals surface area contributed by atoms with E-state index >= 15 is 0 Å². The van der Waals surface area contributed by atoms with Crippen LogP contribution in [-0.4, -0.2) is 69.0 Å². The second-order valence-corrected chi connectivity index (χ2v) is 4.44. The van der Waals surface area contributed by atoms with Gasteiger partial charge in [-0.1, -0.05) is 0 Å². The fraction of sp³-hybridized carbons (Fsp3) is 0.667. The minimum Gasteiger partial charge on any atom is -0.478 e. The molecule has 0 spiro atoms. The first-order chi connectivity index (χ1) is 9.40. The highest BCUT2D eigenvalue weighted by atomic mass is 16.4. The summed E-state index contributed by atoms with van der Waals surface area (Å²) < 4.78 is 0. The monoisotopic (exact) mass is 292 g/mol. The Labute approximate surface area is 115 Å². The SMILES string of the molecule is O=C(O)C(CC(CO)CO)=C(CC(CO)CO)C(=O)O. The lowest BCUT2D eigenvalue weighted by atomic mass is 9.91. The Balaban J connectivity index is 5.44. The van der Waals surface area contributed by atoms with Crippen LogP contribution in [0.2, 0.25) is 0 Å². The van der Waals surface area contributed by atoms with E-state index in [1.54, 1.807) is 0 Å². The molecule has 0 aromatic carbocycles. The molecule has 0 aromatic heterocycles. The van der Waals surface area contributed by atoms with Crippen molar-refractivity contribution < 1.29 is 40.2 Å². The van der Waals surface area contributed by atoms with Gasteiger partial charge in [0.2, 0.25) is 0 Å². The van der Waals surface area contributed by atoms with Crippen LogP contribution in [0.1, 0.15) is 12.8 Å². The quantitative estimate of drug-likeness (QED) is 0.264. The smallest absolute Gasteiger partial charge is 0.332 e. The van der Waals surface area contributed by atoms with E-state index in [0.29, 0.717) is 0 Å². The van der Waals surface area contributed by atoms with Crippen LogP contribution in [-0.2, 0) is 9.59 Å². The van der Waals surface area contributed by atoms with Crippen LogP contribution in [0.25, 0.3) is 0 Å². The molecule has 0 amide bonds. The van der Waals surface area contributed by atoms with E-state index in [4.69, 9.17) is 30.6 Å². The molecule has 0 aromatic rings. The van der Waals surface area contributed by atoms with Gasteiger partial charge in [-0.25, -0.2) is 9.59 Å². The van der Waals surface area contributed by atoms with Crippen molar-refractivity contribution in [3.05, 3.63) is 11.1 Å². The summed E-state index contributed by atoms with van der Waals surface area (Å²) in [4.78, 5) is 22.3. The summed E-state index contributed by atoms with van der Waals surface area (Å²) in [5.41, 5.74) is -0.894. The normalized spacial score (nSPS) is 12.7. The number of carboxylic acid groups (broad SMARTS) is 2. The topological polar surface area (TPSA) is 156 Å². The number of aliphatic hydroxyl groups excluding tert-OH is 4. The molecule has 8 heteroatoms. The molecule has 0 heterocycles. The van der Waals surface area contributed by atoms with Crippen molar-refractivity contribution in [2.75, 3.05) is 26.4 Å². The van der Waals surface area contributed by atoms with Crippen molar-refractivity contribution in [1.29, 1.82) is 0 Å². The molecular weight excluding hydrogens is 272 g/mol. The number of aliphatic hydroxyl groups is 4. The van der Waals surface area contributed by atoms with Crippen molar-refractivity contribution >= 4 is 11.9 Å². The molecule has 116 valence electrons. The van der Waals surface area contributed by atoms with Gasteiger partial charge < -0.3 is 30.6 Å². The van der Waals surface area contributed by atoms with Gasteiger partial charge in [-0.15, -0.1) is 0 Å².